The summed E-state index contributed by atoms with van der Waals surface area (Å²) >= 11 is 0. The van der Waals surface area contributed by atoms with Gasteiger partial charge in [-0.2, -0.15) is 0 Å². The lowest BCUT2D eigenvalue weighted by atomic mass is 9.77. The van der Waals surface area contributed by atoms with E-state index in [1.54, 1.807) is 14.2 Å². The molecule has 0 aromatic heterocycles. The van der Waals surface area contributed by atoms with Gasteiger partial charge in [-0.05, 0) is 26.2 Å². The van der Waals surface area contributed by atoms with Crippen LogP contribution in [0.4, 0.5) is 0 Å². The smallest absolute Gasteiger partial charge is 0.0587 e. The second-order valence-electron chi connectivity index (χ2n) is 5.08. The molecule has 4 nitrogen and oxygen atoms in total. The molecule has 1 aliphatic heterocycles. The van der Waals surface area contributed by atoms with E-state index < -0.39 is 0 Å². The van der Waals surface area contributed by atoms with Crippen LogP contribution < -0.4 is 5.32 Å². The fourth-order valence-electron chi connectivity index (χ4n) is 2.50. The molecule has 0 bridgehead atoms. The second-order valence-corrected chi connectivity index (χ2v) is 5.08. The van der Waals surface area contributed by atoms with E-state index in [1.165, 1.54) is 6.42 Å². The van der Waals surface area contributed by atoms with E-state index >= 15 is 0 Å². The number of ether oxygens (including phenoxy) is 3. The molecular weight excluding hydrogens is 218 g/mol. The van der Waals surface area contributed by atoms with Crippen molar-refractivity contribution < 1.29 is 14.2 Å². The zero-order valence-electron chi connectivity index (χ0n) is 11.5. The molecule has 1 rings (SSSR count). The fraction of sp³-hybridized carbons (Fsp3) is 1.00. The first-order chi connectivity index (χ1) is 8.22. The summed E-state index contributed by atoms with van der Waals surface area (Å²) in [5.74, 6) is 0. The first-order valence-electron chi connectivity index (χ1n) is 6.53. The lowest BCUT2D eigenvalue weighted by Gasteiger charge is -2.39. The van der Waals surface area contributed by atoms with Crippen molar-refractivity contribution in [1.82, 2.24) is 5.32 Å². The maximum absolute atomic E-state index is 5.66. The highest BCUT2D eigenvalue weighted by atomic mass is 16.5. The maximum atomic E-state index is 5.66. The van der Waals surface area contributed by atoms with Crippen molar-refractivity contribution in [2.45, 2.75) is 32.3 Å². The average Bonchev–Trinajstić information content (AvgIpc) is 2.36. The standard InChI is InChI=1S/C13H27NO3/c1-12(16-3)9-13(5-4-7-17-11-13)10-14-6-8-15-2/h12,14H,4-11H2,1-3H3. The highest BCUT2D eigenvalue weighted by Crippen LogP contribution is 2.33. The lowest BCUT2D eigenvalue weighted by Crippen LogP contribution is -2.44. The second kappa shape index (κ2) is 8.03. The van der Waals surface area contributed by atoms with Gasteiger partial charge in [0.2, 0.25) is 0 Å². The first-order valence-corrected chi connectivity index (χ1v) is 6.53. The van der Waals surface area contributed by atoms with Crippen LogP contribution in [-0.2, 0) is 14.2 Å². The minimum absolute atomic E-state index is 0.238. The van der Waals surface area contributed by atoms with Crippen molar-refractivity contribution >= 4 is 0 Å². The summed E-state index contributed by atoms with van der Waals surface area (Å²) < 4.78 is 16.1. The Labute approximate surface area is 105 Å². The SMILES string of the molecule is COCCNCC1(CC(C)OC)CCCOC1. The minimum atomic E-state index is 0.238. The summed E-state index contributed by atoms with van der Waals surface area (Å²) in [6.45, 7) is 6.54. The molecule has 2 unspecified atom stereocenters. The van der Waals surface area contributed by atoms with Crippen LogP contribution in [-0.4, -0.2) is 53.2 Å². The van der Waals surface area contributed by atoms with Gasteiger partial charge in [0.15, 0.2) is 0 Å². The monoisotopic (exact) mass is 245 g/mol. The van der Waals surface area contributed by atoms with Crippen molar-refractivity contribution in [3.63, 3.8) is 0 Å². The number of rotatable bonds is 8. The van der Waals surface area contributed by atoms with Crippen molar-refractivity contribution in [3.05, 3.63) is 0 Å². The van der Waals surface area contributed by atoms with Crippen molar-refractivity contribution in [2.75, 3.05) is 47.1 Å². The molecule has 17 heavy (non-hydrogen) atoms. The molecule has 0 aromatic carbocycles. The van der Waals surface area contributed by atoms with Crippen LogP contribution in [0.25, 0.3) is 0 Å². The topological polar surface area (TPSA) is 39.7 Å². The van der Waals surface area contributed by atoms with E-state index in [4.69, 9.17) is 14.2 Å². The summed E-state index contributed by atoms with van der Waals surface area (Å²) in [5.41, 5.74) is 0.238. The predicted octanol–water partition coefficient (Wildman–Crippen LogP) is 1.44. The van der Waals surface area contributed by atoms with Gasteiger partial charge in [0.1, 0.15) is 0 Å². The third-order valence-corrected chi connectivity index (χ3v) is 3.51. The van der Waals surface area contributed by atoms with Gasteiger partial charge in [-0.25, -0.2) is 0 Å². The van der Waals surface area contributed by atoms with Crippen LogP contribution >= 0.6 is 0 Å². The quantitative estimate of drug-likeness (QED) is 0.657. The fourth-order valence-corrected chi connectivity index (χ4v) is 2.50. The van der Waals surface area contributed by atoms with Crippen LogP contribution in [0.1, 0.15) is 26.2 Å². The molecular formula is C13H27NO3. The Hall–Kier alpha value is -0.160. The molecule has 0 spiro atoms. The van der Waals surface area contributed by atoms with Gasteiger partial charge in [0.05, 0.1) is 19.3 Å². The molecule has 1 heterocycles. The summed E-state index contributed by atoms with van der Waals surface area (Å²) in [4.78, 5) is 0. The number of nitrogens with one attached hydrogen (secondary N) is 1. The van der Waals surface area contributed by atoms with Crippen LogP contribution in [0.3, 0.4) is 0 Å². The molecule has 0 amide bonds. The Morgan fingerprint density at radius 3 is 2.82 bits per heavy atom. The van der Waals surface area contributed by atoms with Gasteiger partial charge in [0, 0.05) is 39.3 Å². The molecule has 1 saturated heterocycles. The van der Waals surface area contributed by atoms with E-state index in [-0.39, 0.29) is 5.41 Å². The van der Waals surface area contributed by atoms with Gasteiger partial charge in [0.25, 0.3) is 0 Å². The van der Waals surface area contributed by atoms with Gasteiger partial charge >= 0.3 is 0 Å². The summed E-state index contributed by atoms with van der Waals surface area (Å²) in [5, 5.41) is 3.47. The van der Waals surface area contributed by atoms with Gasteiger partial charge in [-0.1, -0.05) is 0 Å². The van der Waals surface area contributed by atoms with E-state index in [1.807, 2.05) is 0 Å². The van der Waals surface area contributed by atoms with Gasteiger partial charge in [-0.15, -0.1) is 0 Å². The molecule has 4 heteroatoms. The summed E-state index contributed by atoms with van der Waals surface area (Å²) in [6, 6.07) is 0. The Morgan fingerprint density at radius 2 is 2.24 bits per heavy atom. The Morgan fingerprint density at radius 1 is 1.41 bits per heavy atom. The predicted molar refractivity (Wildman–Crippen MR) is 68.3 cm³/mol. The summed E-state index contributed by atoms with van der Waals surface area (Å²) in [6.07, 6.45) is 3.73. The minimum Gasteiger partial charge on any atom is -0.383 e. The van der Waals surface area contributed by atoms with E-state index in [0.717, 1.165) is 45.8 Å². The largest absolute Gasteiger partial charge is 0.383 e. The third kappa shape index (κ3) is 5.34. The highest BCUT2D eigenvalue weighted by Gasteiger charge is 2.34. The van der Waals surface area contributed by atoms with Crippen LogP contribution in [0, 0.1) is 5.41 Å². The zero-order valence-corrected chi connectivity index (χ0v) is 11.5. The Bertz CT molecular complexity index is 193. The Balaban J connectivity index is 2.40. The number of hydrogen-bond donors (Lipinski definition) is 1. The molecule has 1 N–H and O–H groups in total. The summed E-state index contributed by atoms with van der Waals surface area (Å²) in [7, 11) is 3.51. The van der Waals surface area contributed by atoms with Crippen LogP contribution in [0.15, 0.2) is 0 Å². The number of hydrogen-bond acceptors (Lipinski definition) is 4. The maximum Gasteiger partial charge on any atom is 0.0587 e. The van der Waals surface area contributed by atoms with E-state index in [2.05, 4.69) is 12.2 Å². The van der Waals surface area contributed by atoms with E-state index in [9.17, 15) is 0 Å². The van der Waals surface area contributed by atoms with Crippen LogP contribution in [0.5, 0.6) is 0 Å². The molecule has 1 aliphatic rings. The molecule has 0 saturated carbocycles. The van der Waals surface area contributed by atoms with Crippen LogP contribution in [0.2, 0.25) is 0 Å². The average molecular weight is 245 g/mol. The molecule has 0 aliphatic carbocycles. The van der Waals surface area contributed by atoms with Gasteiger partial charge in [-0.3, -0.25) is 0 Å². The van der Waals surface area contributed by atoms with Crippen molar-refractivity contribution in [1.29, 1.82) is 0 Å². The molecule has 0 radical (unpaired) electrons. The zero-order chi connectivity index (χ0) is 12.6. The van der Waals surface area contributed by atoms with Crippen molar-refractivity contribution in [3.8, 4) is 0 Å². The molecule has 0 aromatic rings. The molecule has 2 atom stereocenters. The van der Waals surface area contributed by atoms with Crippen molar-refractivity contribution in [2.24, 2.45) is 5.41 Å². The lowest BCUT2D eigenvalue weighted by molar-refractivity contribution is -0.0390. The first kappa shape index (κ1) is 14.9. The van der Waals surface area contributed by atoms with Gasteiger partial charge < -0.3 is 19.5 Å². The Kier molecular flexibility index (Phi) is 7.04. The highest BCUT2D eigenvalue weighted by molar-refractivity contribution is 4.86. The molecule has 102 valence electrons. The third-order valence-electron chi connectivity index (χ3n) is 3.51. The van der Waals surface area contributed by atoms with E-state index in [0.29, 0.717) is 6.10 Å². The number of methoxy groups -OCH3 is 2. The normalized spacial score (nSPS) is 27.0. The molecule has 1 fully saturated rings.